The maximum atomic E-state index is 5.44. The number of piperazine rings is 1. The van der Waals surface area contributed by atoms with E-state index < -0.39 is 0 Å². The lowest BCUT2D eigenvalue weighted by molar-refractivity contribution is 0.0320. The van der Waals surface area contributed by atoms with Crippen molar-refractivity contribution in [3.05, 3.63) is 0 Å². The van der Waals surface area contributed by atoms with Crippen LogP contribution >= 0.6 is 0 Å². The summed E-state index contributed by atoms with van der Waals surface area (Å²) in [6.07, 6.45) is 4.14. The van der Waals surface area contributed by atoms with Crippen LogP contribution < -0.4 is 5.32 Å². The van der Waals surface area contributed by atoms with Crippen LogP contribution in [0.5, 0.6) is 0 Å². The van der Waals surface area contributed by atoms with Crippen LogP contribution in [0.15, 0.2) is 0 Å². The summed E-state index contributed by atoms with van der Waals surface area (Å²) in [6, 6.07) is 1.33. The molecule has 0 saturated carbocycles. The molecule has 0 radical (unpaired) electrons. The Labute approximate surface area is 113 Å². The van der Waals surface area contributed by atoms with Crippen LogP contribution in [0, 0.1) is 5.92 Å². The molecule has 0 aromatic carbocycles. The van der Waals surface area contributed by atoms with Gasteiger partial charge in [-0.25, -0.2) is 0 Å². The number of hydrogen-bond acceptors (Lipinski definition) is 3. The normalized spacial score (nSPS) is 29.2. The van der Waals surface area contributed by atoms with Gasteiger partial charge in [0.05, 0.1) is 6.10 Å². The molecule has 1 aliphatic rings. The average Bonchev–Trinajstić information content (AvgIpc) is 2.39. The number of ether oxygens (including phenoxy) is 1. The monoisotopic (exact) mass is 256 g/mol. The van der Waals surface area contributed by atoms with Gasteiger partial charge in [0.15, 0.2) is 0 Å². The van der Waals surface area contributed by atoms with Gasteiger partial charge in [-0.2, -0.15) is 0 Å². The summed E-state index contributed by atoms with van der Waals surface area (Å²) in [6.45, 7) is 12.5. The second kappa shape index (κ2) is 8.13. The minimum Gasteiger partial charge on any atom is -0.380 e. The smallest absolute Gasteiger partial charge is 0.0670 e. The Morgan fingerprint density at radius 1 is 1.33 bits per heavy atom. The van der Waals surface area contributed by atoms with Gasteiger partial charge in [-0.3, -0.25) is 4.90 Å². The molecule has 1 N–H and O–H groups in total. The Morgan fingerprint density at radius 3 is 2.61 bits per heavy atom. The Balaban J connectivity index is 2.57. The molecule has 18 heavy (non-hydrogen) atoms. The summed E-state index contributed by atoms with van der Waals surface area (Å²) >= 11 is 0. The maximum Gasteiger partial charge on any atom is 0.0670 e. The lowest BCUT2D eigenvalue weighted by atomic mass is 9.94. The summed E-state index contributed by atoms with van der Waals surface area (Å²) in [4.78, 5) is 2.64. The molecule has 1 heterocycles. The fraction of sp³-hybridized carbons (Fsp3) is 1.00. The van der Waals surface area contributed by atoms with E-state index in [4.69, 9.17) is 4.74 Å². The minimum absolute atomic E-state index is 0.333. The highest BCUT2D eigenvalue weighted by atomic mass is 16.5. The zero-order valence-corrected chi connectivity index (χ0v) is 12.9. The number of rotatable bonds is 7. The van der Waals surface area contributed by atoms with Crippen molar-refractivity contribution in [2.45, 2.75) is 65.1 Å². The van der Waals surface area contributed by atoms with Crippen molar-refractivity contribution in [3.8, 4) is 0 Å². The first-order valence-corrected chi connectivity index (χ1v) is 7.62. The molecule has 3 nitrogen and oxygen atoms in total. The zero-order chi connectivity index (χ0) is 13.5. The third-order valence-electron chi connectivity index (χ3n) is 4.41. The first kappa shape index (κ1) is 15.9. The molecule has 4 unspecified atom stereocenters. The molecule has 3 heteroatoms. The molecular weight excluding hydrogens is 224 g/mol. The van der Waals surface area contributed by atoms with E-state index in [9.17, 15) is 0 Å². The van der Waals surface area contributed by atoms with E-state index in [1.54, 1.807) is 0 Å². The van der Waals surface area contributed by atoms with Gasteiger partial charge in [-0.05, 0) is 19.3 Å². The summed E-state index contributed by atoms with van der Waals surface area (Å²) in [7, 11) is 1.81. The highest BCUT2D eigenvalue weighted by Crippen LogP contribution is 2.18. The lowest BCUT2D eigenvalue weighted by Crippen LogP contribution is -2.59. The van der Waals surface area contributed by atoms with Crippen LogP contribution in [0.2, 0.25) is 0 Å². The molecule has 0 amide bonds. The SMILES string of the molecule is CCCC1CNC(C(C)CC)CN1CC(C)OC. The van der Waals surface area contributed by atoms with E-state index in [2.05, 4.69) is 37.9 Å². The largest absolute Gasteiger partial charge is 0.380 e. The van der Waals surface area contributed by atoms with Gasteiger partial charge < -0.3 is 10.1 Å². The molecule has 0 aromatic heterocycles. The molecule has 1 saturated heterocycles. The second-order valence-electron chi connectivity index (χ2n) is 5.84. The molecule has 1 aliphatic heterocycles. The maximum absolute atomic E-state index is 5.44. The summed E-state index contributed by atoms with van der Waals surface area (Å²) in [5.41, 5.74) is 0. The van der Waals surface area contributed by atoms with Crippen LogP contribution in [0.1, 0.15) is 47.0 Å². The molecular formula is C15H32N2O. The summed E-state index contributed by atoms with van der Waals surface area (Å²) < 4.78 is 5.44. The number of hydrogen-bond donors (Lipinski definition) is 1. The van der Waals surface area contributed by atoms with Crippen molar-refractivity contribution < 1.29 is 4.74 Å². The third kappa shape index (κ3) is 4.52. The Morgan fingerprint density at radius 2 is 2.06 bits per heavy atom. The van der Waals surface area contributed by atoms with Gasteiger partial charge in [0.2, 0.25) is 0 Å². The van der Waals surface area contributed by atoms with E-state index >= 15 is 0 Å². The number of methoxy groups -OCH3 is 1. The average molecular weight is 256 g/mol. The molecule has 0 aromatic rings. The second-order valence-corrected chi connectivity index (χ2v) is 5.84. The number of nitrogens with one attached hydrogen (secondary N) is 1. The van der Waals surface area contributed by atoms with Crippen molar-refractivity contribution in [1.29, 1.82) is 0 Å². The van der Waals surface area contributed by atoms with Gasteiger partial charge in [0.25, 0.3) is 0 Å². The van der Waals surface area contributed by atoms with E-state index in [-0.39, 0.29) is 0 Å². The first-order valence-electron chi connectivity index (χ1n) is 7.62. The summed E-state index contributed by atoms with van der Waals surface area (Å²) in [5, 5.41) is 3.74. The molecule has 4 atom stereocenters. The topological polar surface area (TPSA) is 24.5 Å². The van der Waals surface area contributed by atoms with E-state index in [0.717, 1.165) is 19.0 Å². The Hall–Kier alpha value is -0.120. The van der Waals surface area contributed by atoms with E-state index in [0.29, 0.717) is 18.2 Å². The van der Waals surface area contributed by atoms with Crippen molar-refractivity contribution in [2.75, 3.05) is 26.7 Å². The van der Waals surface area contributed by atoms with Crippen LogP contribution in [-0.4, -0.2) is 49.8 Å². The Kier molecular flexibility index (Phi) is 7.20. The van der Waals surface area contributed by atoms with E-state index in [1.165, 1.54) is 25.8 Å². The van der Waals surface area contributed by atoms with Crippen molar-refractivity contribution in [1.82, 2.24) is 10.2 Å². The van der Waals surface area contributed by atoms with Gasteiger partial charge in [0.1, 0.15) is 0 Å². The van der Waals surface area contributed by atoms with Crippen LogP contribution in [0.4, 0.5) is 0 Å². The third-order valence-corrected chi connectivity index (χ3v) is 4.41. The van der Waals surface area contributed by atoms with Gasteiger partial charge in [-0.1, -0.05) is 33.6 Å². The van der Waals surface area contributed by atoms with Gasteiger partial charge in [0, 0.05) is 38.8 Å². The summed E-state index contributed by atoms with van der Waals surface area (Å²) in [5.74, 6) is 0.757. The van der Waals surface area contributed by atoms with Crippen molar-refractivity contribution >= 4 is 0 Å². The molecule has 108 valence electrons. The standard InChI is InChI=1S/C15H32N2O/c1-6-8-14-9-16-15(12(3)7-2)11-17(14)10-13(4)18-5/h12-16H,6-11H2,1-5H3. The van der Waals surface area contributed by atoms with Crippen molar-refractivity contribution in [3.63, 3.8) is 0 Å². The molecule has 1 rings (SSSR count). The predicted octanol–water partition coefficient (Wildman–Crippen LogP) is 2.51. The Bertz CT molecular complexity index is 223. The fourth-order valence-electron chi connectivity index (χ4n) is 2.79. The lowest BCUT2D eigenvalue weighted by Gasteiger charge is -2.43. The quantitative estimate of drug-likeness (QED) is 0.757. The van der Waals surface area contributed by atoms with Crippen LogP contribution in [0.3, 0.4) is 0 Å². The van der Waals surface area contributed by atoms with Gasteiger partial charge in [-0.15, -0.1) is 0 Å². The molecule has 0 bridgehead atoms. The minimum atomic E-state index is 0.333. The predicted molar refractivity (Wildman–Crippen MR) is 78.0 cm³/mol. The first-order chi connectivity index (χ1) is 8.62. The fourth-order valence-corrected chi connectivity index (χ4v) is 2.79. The van der Waals surface area contributed by atoms with Crippen LogP contribution in [0.25, 0.3) is 0 Å². The van der Waals surface area contributed by atoms with Gasteiger partial charge >= 0.3 is 0 Å². The highest BCUT2D eigenvalue weighted by Gasteiger charge is 2.30. The molecule has 0 spiro atoms. The highest BCUT2D eigenvalue weighted by molar-refractivity contribution is 4.88. The van der Waals surface area contributed by atoms with Crippen molar-refractivity contribution in [2.24, 2.45) is 5.92 Å². The van der Waals surface area contributed by atoms with Crippen LogP contribution in [-0.2, 0) is 4.74 Å². The number of nitrogens with zero attached hydrogens (tertiary/aromatic N) is 1. The zero-order valence-electron chi connectivity index (χ0n) is 12.9. The molecule has 1 fully saturated rings. The molecule has 0 aliphatic carbocycles. The van der Waals surface area contributed by atoms with E-state index in [1.807, 2.05) is 7.11 Å².